The zero-order valence-electron chi connectivity index (χ0n) is 11.7. The van der Waals surface area contributed by atoms with Crippen LogP contribution in [-0.4, -0.2) is 4.98 Å². The van der Waals surface area contributed by atoms with Crippen LogP contribution in [0.4, 0.5) is 4.39 Å². The van der Waals surface area contributed by atoms with Gasteiger partial charge in [-0.05, 0) is 33.8 Å². The van der Waals surface area contributed by atoms with Gasteiger partial charge < -0.3 is 5.32 Å². The Morgan fingerprint density at radius 1 is 1.16 bits per heavy atom. The first-order valence-corrected chi connectivity index (χ1v) is 7.25. The smallest absolute Gasteiger partial charge is 0.127 e. The zero-order valence-corrected chi connectivity index (χ0v) is 12.5. The molecule has 2 atom stereocenters. The lowest BCUT2D eigenvalue weighted by molar-refractivity contribution is 0.467. The van der Waals surface area contributed by atoms with Gasteiger partial charge in [-0.15, -0.1) is 11.3 Å². The Balaban J connectivity index is 2.13. The fourth-order valence-electron chi connectivity index (χ4n) is 2.32. The van der Waals surface area contributed by atoms with Crippen molar-refractivity contribution in [3.8, 4) is 0 Å². The van der Waals surface area contributed by atoms with Gasteiger partial charge in [0, 0.05) is 22.5 Å². The number of nitrogens with zero attached hydrogens (tertiary/aromatic N) is 1. The molecule has 2 aromatic rings. The Bertz CT molecular complexity index is 565. The van der Waals surface area contributed by atoms with Crippen molar-refractivity contribution in [2.75, 3.05) is 0 Å². The largest absolute Gasteiger partial charge is 0.302 e. The quantitative estimate of drug-likeness (QED) is 0.901. The minimum absolute atomic E-state index is 0.0439. The molecule has 1 heterocycles. The lowest BCUT2D eigenvalue weighted by Crippen LogP contribution is -2.24. The van der Waals surface area contributed by atoms with Crippen LogP contribution in [0, 0.1) is 19.7 Å². The second kappa shape index (κ2) is 5.80. The minimum Gasteiger partial charge on any atom is -0.302 e. The molecule has 1 unspecified atom stereocenters. The highest BCUT2D eigenvalue weighted by Crippen LogP contribution is 2.25. The maximum Gasteiger partial charge on any atom is 0.127 e. The fourth-order valence-corrected chi connectivity index (χ4v) is 3.23. The lowest BCUT2D eigenvalue weighted by atomic mass is 10.1. The molecule has 0 amide bonds. The van der Waals surface area contributed by atoms with Crippen LogP contribution in [0.5, 0.6) is 0 Å². The summed E-state index contributed by atoms with van der Waals surface area (Å²) in [5, 5.41) is 4.48. The Hall–Kier alpha value is -1.26. The van der Waals surface area contributed by atoms with Gasteiger partial charge in [0.2, 0.25) is 0 Å². The second-order valence-corrected chi connectivity index (χ2v) is 6.21. The summed E-state index contributed by atoms with van der Waals surface area (Å²) >= 11 is 1.70. The molecule has 0 bridgehead atoms. The fraction of sp³-hybridized carbons (Fsp3) is 0.400. The molecular formula is C15H19FN2S. The van der Waals surface area contributed by atoms with Crippen LogP contribution in [-0.2, 0) is 0 Å². The van der Waals surface area contributed by atoms with Crippen LogP contribution in [0.15, 0.2) is 24.3 Å². The van der Waals surface area contributed by atoms with Crippen LogP contribution < -0.4 is 5.32 Å². The van der Waals surface area contributed by atoms with Gasteiger partial charge in [0.05, 0.1) is 10.7 Å². The van der Waals surface area contributed by atoms with Gasteiger partial charge in [0.15, 0.2) is 0 Å². The molecule has 0 aliphatic rings. The molecule has 0 aliphatic carbocycles. The van der Waals surface area contributed by atoms with Crippen LogP contribution >= 0.6 is 11.3 Å². The molecular weight excluding hydrogens is 259 g/mol. The average Bonchev–Trinajstić information content (AvgIpc) is 2.69. The SMILES string of the molecule is Cc1nc(C(C)N[C@H](C)c2ccccc2F)c(C)s1. The van der Waals surface area contributed by atoms with E-state index >= 15 is 0 Å². The maximum atomic E-state index is 13.7. The van der Waals surface area contributed by atoms with Gasteiger partial charge >= 0.3 is 0 Å². The summed E-state index contributed by atoms with van der Waals surface area (Å²) in [7, 11) is 0. The summed E-state index contributed by atoms with van der Waals surface area (Å²) in [5.41, 5.74) is 1.75. The van der Waals surface area contributed by atoms with E-state index in [1.165, 1.54) is 10.9 Å². The summed E-state index contributed by atoms with van der Waals surface area (Å²) in [5.74, 6) is -0.166. The van der Waals surface area contributed by atoms with Crippen molar-refractivity contribution in [2.24, 2.45) is 0 Å². The molecule has 0 saturated carbocycles. The molecule has 0 radical (unpaired) electrons. The van der Waals surface area contributed by atoms with E-state index in [0.717, 1.165) is 10.7 Å². The van der Waals surface area contributed by atoms with Gasteiger partial charge in [-0.2, -0.15) is 0 Å². The molecule has 0 aliphatic heterocycles. The van der Waals surface area contributed by atoms with Crippen molar-refractivity contribution in [2.45, 2.75) is 39.8 Å². The summed E-state index contributed by atoms with van der Waals surface area (Å²) < 4.78 is 13.7. The third-order valence-electron chi connectivity index (χ3n) is 3.22. The number of aromatic nitrogens is 1. The Morgan fingerprint density at radius 3 is 2.42 bits per heavy atom. The monoisotopic (exact) mass is 278 g/mol. The number of hydrogen-bond donors (Lipinski definition) is 1. The topological polar surface area (TPSA) is 24.9 Å². The van der Waals surface area contributed by atoms with E-state index in [4.69, 9.17) is 0 Å². The van der Waals surface area contributed by atoms with Gasteiger partial charge in [-0.3, -0.25) is 0 Å². The normalized spacial score (nSPS) is 14.4. The maximum absolute atomic E-state index is 13.7. The third kappa shape index (κ3) is 3.19. The Labute approximate surface area is 117 Å². The first-order chi connectivity index (χ1) is 8.99. The lowest BCUT2D eigenvalue weighted by Gasteiger charge is -2.20. The molecule has 0 fully saturated rings. The van der Waals surface area contributed by atoms with Crippen molar-refractivity contribution < 1.29 is 4.39 Å². The van der Waals surface area contributed by atoms with Gasteiger partial charge in [-0.1, -0.05) is 18.2 Å². The number of thiazole rings is 1. The number of rotatable bonds is 4. The van der Waals surface area contributed by atoms with Gasteiger partial charge in [0.25, 0.3) is 0 Å². The predicted octanol–water partition coefficient (Wildman–Crippen LogP) is 4.31. The predicted molar refractivity (Wildman–Crippen MR) is 78.0 cm³/mol. The molecule has 4 heteroatoms. The third-order valence-corrected chi connectivity index (χ3v) is 4.12. The van der Waals surface area contributed by atoms with E-state index in [-0.39, 0.29) is 17.9 Å². The summed E-state index contributed by atoms with van der Waals surface area (Å²) in [6, 6.07) is 6.95. The summed E-state index contributed by atoms with van der Waals surface area (Å²) in [6.45, 7) is 8.13. The highest BCUT2D eigenvalue weighted by molar-refractivity contribution is 7.11. The molecule has 1 aromatic heterocycles. The molecule has 102 valence electrons. The van der Waals surface area contributed by atoms with Crippen molar-refractivity contribution in [3.63, 3.8) is 0 Å². The Morgan fingerprint density at radius 2 is 1.84 bits per heavy atom. The standard InChI is InChI=1S/C15H19FN2S/c1-9(13-7-5-6-8-14(13)16)17-10(2)15-11(3)19-12(4)18-15/h5-10,17H,1-4H3/t9-,10?/m1/s1. The second-order valence-electron chi connectivity index (χ2n) is 4.81. The first kappa shape index (κ1) is 14.2. The van der Waals surface area contributed by atoms with E-state index in [1.54, 1.807) is 17.4 Å². The number of halogens is 1. The van der Waals surface area contributed by atoms with Crippen LogP contribution in [0.2, 0.25) is 0 Å². The highest BCUT2D eigenvalue weighted by Gasteiger charge is 2.17. The molecule has 19 heavy (non-hydrogen) atoms. The van der Waals surface area contributed by atoms with Crippen molar-refractivity contribution in [1.29, 1.82) is 0 Å². The van der Waals surface area contributed by atoms with Crippen molar-refractivity contribution >= 4 is 11.3 Å². The van der Waals surface area contributed by atoms with E-state index in [1.807, 2.05) is 26.0 Å². The molecule has 1 aromatic carbocycles. The molecule has 2 rings (SSSR count). The number of nitrogens with one attached hydrogen (secondary N) is 1. The number of benzene rings is 1. The molecule has 0 spiro atoms. The van der Waals surface area contributed by atoms with Crippen LogP contribution in [0.3, 0.4) is 0 Å². The molecule has 1 N–H and O–H groups in total. The van der Waals surface area contributed by atoms with Gasteiger partial charge in [-0.25, -0.2) is 9.37 Å². The average molecular weight is 278 g/mol. The van der Waals surface area contributed by atoms with E-state index < -0.39 is 0 Å². The summed E-state index contributed by atoms with van der Waals surface area (Å²) in [4.78, 5) is 5.76. The van der Waals surface area contributed by atoms with Crippen LogP contribution in [0.25, 0.3) is 0 Å². The van der Waals surface area contributed by atoms with Crippen molar-refractivity contribution in [1.82, 2.24) is 10.3 Å². The number of hydrogen-bond acceptors (Lipinski definition) is 3. The minimum atomic E-state index is -0.166. The van der Waals surface area contributed by atoms with Crippen molar-refractivity contribution in [3.05, 3.63) is 51.2 Å². The summed E-state index contributed by atoms with van der Waals surface area (Å²) in [6.07, 6.45) is 0. The van der Waals surface area contributed by atoms with Gasteiger partial charge in [0.1, 0.15) is 5.82 Å². The molecule has 0 saturated heterocycles. The zero-order chi connectivity index (χ0) is 14.0. The molecule has 2 nitrogen and oxygen atoms in total. The highest BCUT2D eigenvalue weighted by atomic mass is 32.1. The van der Waals surface area contributed by atoms with E-state index in [0.29, 0.717) is 5.56 Å². The van der Waals surface area contributed by atoms with E-state index in [2.05, 4.69) is 24.1 Å². The Kier molecular flexibility index (Phi) is 4.32. The van der Waals surface area contributed by atoms with E-state index in [9.17, 15) is 4.39 Å². The first-order valence-electron chi connectivity index (χ1n) is 6.43. The number of aryl methyl sites for hydroxylation is 2. The van der Waals surface area contributed by atoms with Crippen LogP contribution in [0.1, 0.15) is 47.1 Å².